The normalized spacial score (nSPS) is 12.9. The van der Waals surface area contributed by atoms with Crippen LogP contribution in [0.2, 0.25) is 0 Å². The Balaban J connectivity index is 3.19. The van der Waals surface area contributed by atoms with Gasteiger partial charge in [-0.25, -0.2) is 4.79 Å². The SMILES string of the molecule is CCOC(=O)C(F)(F)[C@H](N)c1c(O)cccc1OC. The number of hydrogen-bond donors (Lipinski definition) is 2. The fraction of sp³-hybridized carbons (Fsp3) is 0.417. The third kappa shape index (κ3) is 2.93. The van der Waals surface area contributed by atoms with Crippen molar-refractivity contribution in [3.63, 3.8) is 0 Å². The standard InChI is InChI=1S/C12H15F2NO4/c1-3-19-11(17)12(13,14)10(15)9-7(16)5-4-6-8(9)18-2/h4-6,10,16H,3,15H2,1-2H3/t10-/m1/s1. The van der Waals surface area contributed by atoms with E-state index >= 15 is 0 Å². The summed E-state index contributed by atoms with van der Waals surface area (Å²) in [6.07, 6.45) is 0. The predicted molar refractivity (Wildman–Crippen MR) is 63.2 cm³/mol. The molecule has 0 saturated carbocycles. The third-order valence-electron chi connectivity index (χ3n) is 2.51. The number of phenolic OH excluding ortho intramolecular Hbond substituents is 1. The van der Waals surface area contributed by atoms with Crippen molar-refractivity contribution >= 4 is 5.97 Å². The molecule has 0 aromatic heterocycles. The molecule has 0 unspecified atom stereocenters. The molecule has 7 heteroatoms. The van der Waals surface area contributed by atoms with Crippen LogP contribution in [0.3, 0.4) is 0 Å². The lowest BCUT2D eigenvalue weighted by Gasteiger charge is -2.23. The van der Waals surface area contributed by atoms with Crippen LogP contribution in [0.4, 0.5) is 8.78 Å². The average molecular weight is 275 g/mol. The Kier molecular flexibility index (Phi) is 4.66. The van der Waals surface area contributed by atoms with Crippen LogP contribution in [0.25, 0.3) is 0 Å². The van der Waals surface area contributed by atoms with Gasteiger partial charge in [0.1, 0.15) is 17.5 Å². The summed E-state index contributed by atoms with van der Waals surface area (Å²) in [7, 11) is 1.24. The van der Waals surface area contributed by atoms with Crippen molar-refractivity contribution in [3.8, 4) is 11.5 Å². The number of nitrogens with two attached hydrogens (primary N) is 1. The first kappa shape index (κ1) is 15.2. The van der Waals surface area contributed by atoms with Gasteiger partial charge in [-0.3, -0.25) is 0 Å². The predicted octanol–water partition coefficient (Wildman–Crippen LogP) is 1.60. The fourth-order valence-electron chi connectivity index (χ4n) is 1.56. The molecule has 0 aliphatic heterocycles. The van der Waals surface area contributed by atoms with Crippen LogP contribution in [0.15, 0.2) is 18.2 Å². The summed E-state index contributed by atoms with van der Waals surface area (Å²) in [6.45, 7) is 1.21. The van der Waals surface area contributed by atoms with Gasteiger partial charge in [-0.1, -0.05) is 6.07 Å². The van der Waals surface area contributed by atoms with Gasteiger partial charge in [-0.15, -0.1) is 0 Å². The zero-order valence-corrected chi connectivity index (χ0v) is 10.5. The van der Waals surface area contributed by atoms with Crippen LogP contribution in [0.5, 0.6) is 11.5 Å². The van der Waals surface area contributed by atoms with Crippen LogP contribution >= 0.6 is 0 Å². The van der Waals surface area contributed by atoms with Crippen molar-refractivity contribution in [2.45, 2.75) is 18.9 Å². The van der Waals surface area contributed by atoms with E-state index < -0.39 is 23.7 Å². The molecule has 0 bridgehead atoms. The number of halogens is 2. The molecule has 0 fully saturated rings. The maximum Gasteiger partial charge on any atom is 0.379 e. The van der Waals surface area contributed by atoms with E-state index in [-0.39, 0.29) is 17.9 Å². The second kappa shape index (κ2) is 5.83. The molecule has 0 radical (unpaired) electrons. The number of ether oxygens (including phenoxy) is 2. The van der Waals surface area contributed by atoms with Gasteiger partial charge in [-0.2, -0.15) is 8.78 Å². The second-order valence-electron chi connectivity index (χ2n) is 3.71. The van der Waals surface area contributed by atoms with E-state index in [1.54, 1.807) is 0 Å². The van der Waals surface area contributed by atoms with Crippen molar-refractivity contribution in [2.24, 2.45) is 5.73 Å². The highest BCUT2D eigenvalue weighted by atomic mass is 19.3. The lowest BCUT2D eigenvalue weighted by Crippen LogP contribution is -2.41. The zero-order chi connectivity index (χ0) is 14.6. The number of esters is 1. The van der Waals surface area contributed by atoms with Gasteiger partial charge in [0.05, 0.1) is 19.3 Å². The molecule has 106 valence electrons. The molecule has 1 aromatic carbocycles. The van der Waals surface area contributed by atoms with Crippen LogP contribution in [-0.2, 0) is 9.53 Å². The van der Waals surface area contributed by atoms with Gasteiger partial charge in [0.2, 0.25) is 0 Å². The lowest BCUT2D eigenvalue weighted by atomic mass is 9.99. The zero-order valence-electron chi connectivity index (χ0n) is 10.5. The van der Waals surface area contributed by atoms with E-state index in [1.807, 2.05) is 0 Å². The van der Waals surface area contributed by atoms with Gasteiger partial charge < -0.3 is 20.3 Å². The average Bonchev–Trinajstić information content (AvgIpc) is 2.37. The van der Waals surface area contributed by atoms with Gasteiger partial charge >= 0.3 is 11.9 Å². The van der Waals surface area contributed by atoms with Crippen molar-refractivity contribution in [1.29, 1.82) is 0 Å². The summed E-state index contributed by atoms with van der Waals surface area (Å²) >= 11 is 0. The summed E-state index contributed by atoms with van der Waals surface area (Å²) < 4.78 is 36.8. The highest BCUT2D eigenvalue weighted by Gasteiger charge is 2.49. The molecule has 3 N–H and O–H groups in total. The number of carbonyl (C=O) groups excluding carboxylic acids is 1. The van der Waals surface area contributed by atoms with E-state index in [2.05, 4.69) is 4.74 Å². The summed E-state index contributed by atoms with van der Waals surface area (Å²) in [6, 6.07) is 1.88. The van der Waals surface area contributed by atoms with Crippen molar-refractivity contribution < 1.29 is 28.2 Å². The van der Waals surface area contributed by atoms with Crippen molar-refractivity contribution in [2.75, 3.05) is 13.7 Å². The number of aromatic hydroxyl groups is 1. The Hall–Kier alpha value is -1.89. The number of carbonyl (C=O) groups is 1. The number of benzene rings is 1. The number of phenols is 1. The number of rotatable bonds is 5. The highest BCUT2D eigenvalue weighted by molar-refractivity contribution is 5.79. The molecule has 0 spiro atoms. The van der Waals surface area contributed by atoms with Crippen LogP contribution < -0.4 is 10.5 Å². The van der Waals surface area contributed by atoms with Gasteiger partial charge in [-0.05, 0) is 19.1 Å². The minimum absolute atomic E-state index is 0.0310. The number of hydrogen-bond acceptors (Lipinski definition) is 5. The molecule has 0 saturated heterocycles. The van der Waals surface area contributed by atoms with Gasteiger partial charge in [0.25, 0.3) is 0 Å². The van der Waals surface area contributed by atoms with E-state index in [0.717, 1.165) is 0 Å². The third-order valence-corrected chi connectivity index (χ3v) is 2.51. The number of alkyl halides is 2. The summed E-state index contributed by atoms with van der Waals surface area (Å²) in [5.74, 6) is -6.22. The first-order chi connectivity index (χ1) is 8.86. The topological polar surface area (TPSA) is 81.8 Å². The molecular formula is C12H15F2NO4. The molecule has 1 aromatic rings. The van der Waals surface area contributed by atoms with Gasteiger partial charge in [0.15, 0.2) is 0 Å². The molecule has 1 atom stereocenters. The molecule has 19 heavy (non-hydrogen) atoms. The monoisotopic (exact) mass is 275 g/mol. The van der Waals surface area contributed by atoms with E-state index in [4.69, 9.17) is 10.5 Å². The minimum atomic E-state index is -3.97. The largest absolute Gasteiger partial charge is 0.507 e. The van der Waals surface area contributed by atoms with E-state index in [0.29, 0.717) is 0 Å². The maximum atomic E-state index is 13.8. The Morgan fingerprint density at radius 1 is 1.53 bits per heavy atom. The molecule has 1 rings (SSSR count). The Morgan fingerprint density at radius 3 is 2.68 bits per heavy atom. The minimum Gasteiger partial charge on any atom is -0.507 e. The Bertz CT molecular complexity index is 465. The number of methoxy groups -OCH3 is 1. The van der Waals surface area contributed by atoms with Crippen molar-refractivity contribution in [3.05, 3.63) is 23.8 Å². The first-order valence-corrected chi connectivity index (χ1v) is 5.52. The molecular weight excluding hydrogens is 260 g/mol. The quantitative estimate of drug-likeness (QED) is 0.798. The van der Waals surface area contributed by atoms with E-state index in [1.165, 1.54) is 32.2 Å². The molecule has 0 amide bonds. The van der Waals surface area contributed by atoms with E-state index in [9.17, 15) is 18.7 Å². The maximum absolute atomic E-state index is 13.8. The Labute approximate surface area is 108 Å². The second-order valence-corrected chi connectivity index (χ2v) is 3.71. The molecule has 0 aliphatic carbocycles. The smallest absolute Gasteiger partial charge is 0.379 e. The summed E-state index contributed by atoms with van der Waals surface area (Å²) in [4.78, 5) is 11.2. The van der Waals surface area contributed by atoms with Gasteiger partial charge in [0, 0.05) is 0 Å². The first-order valence-electron chi connectivity index (χ1n) is 5.52. The van der Waals surface area contributed by atoms with Crippen LogP contribution in [0, 0.1) is 0 Å². The fourth-order valence-corrected chi connectivity index (χ4v) is 1.56. The van der Waals surface area contributed by atoms with Crippen molar-refractivity contribution in [1.82, 2.24) is 0 Å². The van der Waals surface area contributed by atoms with Crippen LogP contribution in [0.1, 0.15) is 18.5 Å². The molecule has 0 heterocycles. The van der Waals surface area contributed by atoms with Crippen LogP contribution in [-0.4, -0.2) is 30.7 Å². The highest BCUT2D eigenvalue weighted by Crippen LogP contribution is 2.40. The lowest BCUT2D eigenvalue weighted by molar-refractivity contribution is -0.174. The summed E-state index contributed by atoms with van der Waals surface area (Å²) in [5.41, 5.74) is 5.05. The molecule has 0 aliphatic rings. The molecule has 5 nitrogen and oxygen atoms in total. The Morgan fingerprint density at radius 2 is 2.16 bits per heavy atom. The summed E-state index contributed by atoms with van der Waals surface area (Å²) in [5, 5.41) is 9.62.